The van der Waals surface area contributed by atoms with Crippen LogP contribution in [0.15, 0.2) is 36.4 Å². The molecule has 0 heterocycles. The van der Waals surface area contributed by atoms with Crippen LogP contribution in [0, 0.1) is 11.6 Å². The summed E-state index contributed by atoms with van der Waals surface area (Å²) in [5, 5.41) is 3.15. The Labute approximate surface area is 166 Å². The van der Waals surface area contributed by atoms with Crippen LogP contribution < -0.4 is 15.4 Å². The molecule has 0 aromatic heterocycles. The minimum absolute atomic E-state index is 0.0601. The van der Waals surface area contributed by atoms with Gasteiger partial charge in [0.25, 0.3) is 5.91 Å². The zero-order valence-corrected chi connectivity index (χ0v) is 14.7. The van der Waals surface area contributed by atoms with Gasteiger partial charge in [-0.15, -0.1) is 0 Å². The predicted octanol–water partition coefficient (Wildman–Crippen LogP) is 5.18. The lowest BCUT2D eigenvalue weighted by Crippen LogP contribution is -2.35. The van der Waals surface area contributed by atoms with E-state index < -0.39 is 64.8 Å². The van der Waals surface area contributed by atoms with E-state index in [0.717, 1.165) is 6.07 Å². The van der Waals surface area contributed by atoms with Gasteiger partial charge in [0.05, 0.1) is 5.56 Å². The Hall–Kier alpha value is -3.45. The topological polar surface area (TPSA) is 67.4 Å². The summed E-state index contributed by atoms with van der Waals surface area (Å²) in [6.45, 7) is 0. The number of halogens is 9. The first-order valence-electron chi connectivity index (χ1n) is 7.85. The number of ether oxygens (including phenoxy) is 1. The maximum absolute atomic E-state index is 13.5. The molecule has 0 aliphatic carbocycles. The van der Waals surface area contributed by atoms with E-state index in [1.165, 1.54) is 5.32 Å². The van der Waals surface area contributed by atoms with Crippen LogP contribution in [0.3, 0.4) is 0 Å². The van der Waals surface area contributed by atoms with Gasteiger partial charge >= 0.3 is 24.7 Å². The second kappa shape index (κ2) is 8.73. The highest BCUT2D eigenvalue weighted by atomic mass is 19.4. The third kappa shape index (κ3) is 5.79. The van der Waals surface area contributed by atoms with Crippen LogP contribution in [-0.4, -0.2) is 24.5 Å². The summed E-state index contributed by atoms with van der Waals surface area (Å²) in [6.07, 6.45) is -15.0. The second-order valence-electron chi connectivity index (χ2n) is 5.68. The van der Waals surface area contributed by atoms with E-state index in [9.17, 15) is 49.1 Å². The fourth-order valence-electron chi connectivity index (χ4n) is 2.15. The lowest BCUT2D eigenvalue weighted by atomic mass is 10.1. The molecule has 2 rings (SSSR count). The van der Waals surface area contributed by atoms with Gasteiger partial charge in [-0.1, -0.05) is 6.07 Å². The van der Waals surface area contributed by atoms with Gasteiger partial charge in [-0.25, -0.2) is 13.6 Å². The molecule has 0 fully saturated rings. The molecular formula is C17H9F9N2O3. The Morgan fingerprint density at radius 1 is 0.935 bits per heavy atom. The SMILES string of the molecule is O=C(NC(=O)c1c(F)cccc1F)Nc1ccc(OC(F)(F)C(F)F)c(C(F)(F)F)c1. The van der Waals surface area contributed by atoms with E-state index in [4.69, 9.17) is 0 Å². The van der Waals surface area contributed by atoms with Gasteiger partial charge in [0, 0.05) is 5.69 Å². The quantitative estimate of drug-likeness (QED) is 0.605. The fraction of sp³-hybridized carbons (Fsp3) is 0.176. The molecule has 14 heteroatoms. The number of hydrogen-bond donors (Lipinski definition) is 2. The number of anilines is 1. The number of carbonyl (C=O) groups is 2. The Morgan fingerprint density at radius 2 is 1.52 bits per heavy atom. The molecule has 0 spiro atoms. The van der Waals surface area contributed by atoms with Crippen molar-refractivity contribution >= 4 is 17.6 Å². The molecule has 31 heavy (non-hydrogen) atoms. The van der Waals surface area contributed by atoms with Crippen molar-refractivity contribution in [1.29, 1.82) is 0 Å². The number of alkyl halides is 7. The zero-order valence-electron chi connectivity index (χ0n) is 14.7. The smallest absolute Gasteiger partial charge is 0.428 e. The number of urea groups is 1. The molecule has 0 aliphatic heterocycles. The van der Waals surface area contributed by atoms with Gasteiger partial charge in [-0.2, -0.15) is 30.7 Å². The zero-order chi connectivity index (χ0) is 23.6. The summed E-state index contributed by atoms with van der Waals surface area (Å²) in [5.74, 6) is -5.88. The van der Waals surface area contributed by atoms with Crippen LogP contribution in [0.5, 0.6) is 5.75 Å². The lowest BCUT2D eigenvalue weighted by Gasteiger charge is -2.20. The second-order valence-corrected chi connectivity index (χ2v) is 5.68. The molecule has 0 unspecified atom stereocenters. The van der Waals surface area contributed by atoms with Crippen LogP contribution in [0.4, 0.5) is 50.0 Å². The number of benzene rings is 2. The van der Waals surface area contributed by atoms with Gasteiger partial charge < -0.3 is 10.1 Å². The third-order valence-electron chi connectivity index (χ3n) is 3.46. The number of imide groups is 1. The van der Waals surface area contributed by atoms with Gasteiger partial charge in [-0.05, 0) is 30.3 Å². The highest BCUT2D eigenvalue weighted by Gasteiger charge is 2.46. The minimum Gasteiger partial charge on any atom is -0.428 e. The van der Waals surface area contributed by atoms with Crippen molar-refractivity contribution in [2.24, 2.45) is 0 Å². The van der Waals surface area contributed by atoms with E-state index in [-0.39, 0.29) is 12.1 Å². The fourth-order valence-corrected chi connectivity index (χ4v) is 2.15. The predicted molar refractivity (Wildman–Crippen MR) is 85.9 cm³/mol. The van der Waals surface area contributed by atoms with E-state index in [1.54, 1.807) is 5.32 Å². The van der Waals surface area contributed by atoms with Gasteiger partial charge in [0.2, 0.25) is 0 Å². The van der Waals surface area contributed by atoms with Crippen molar-refractivity contribution in [1.82, 2.24) is 5.32 Å². The first kappa shape index (κ1) is 23.8. The number of amides is 3. The molecule has 2 aromatic carbocycles. The minimum atomic E-state index is -5.37. The number of rotatable bonds is 5. The summed E-state index contributed by atoms with van der Waals surface area (Å²) in [5.41, 5.74) is -3.83. The average Bonchev–Trinajstić information content (AvgIpc) is 2.61. The Kier molecular flexibility index (Phi) is 6.71. The summed E-state index contributed by atoms with van der Waals surface area (Å²) in [7, 11) is 0. The van der Waals surface area contributed by atoms with Crippen molar-refractivity contribution in [2.75, 3.05) is 5.32 Å². The molecule has 2 aromatic rings. The largest absolute Gasteiger partial charge is 0.461 e. The molecule has 0 atom stereocenters. The van der Waals surface area contributed by atoms with Crippen molar-refractivity contribution < 1.29 is 53.8 Å². The number of carbonyl (C=O) groups excluding carboxylic acids is 2. The van der Waals surface area contributed by atoms with Crippen molar-refractivity contribution in [3.63, 3.8) is 0 Å². The molecule has 0 aliphatic rings. The molecule has 168 valence electrons. The standard InChI is InChI=1S/C17H9F9N2O3/c18-9-2-1-3-10(19)12(9)13(29)28-15(30)27-7-4-5-11(8(6-7)16(22,23)24)31-17(25,26)14(20)21/h1-6,14H,(H2,27,28,29,30). The molecule has 0 saturated heterocycles. The van der Waals surface area contributed by atoms with Crippen molar-refractivity contribution in [3.05, 3.63) is 59.2 Å². The molecular weight excluding hydrogens is 451 g/mol. The van der Waals surface area contributed by atoms with Crippen molar-refractivity contribution in [3.8, 4) is 5.75 Å². The molecule has 5 nitrogen and oxygen atoms in total. The Balaban J connectivity index is 2.23. The molecule has 2 N–H and O–H groups in total. The van der Waals surface area contributed by atoms with Crippen LogP contribution >= 0.6 is 0 Å². The summed E-state index contributed by atoms with van der Waals surface area (Å²) in [4.78, 5) is 23.5. The van der Waals surface area contributed by atoms with Crippen LogP contribution in [0.1, 0.15) is 15.9 Å². The summed E-state index contributed by atoms with van der Waals surface area (Å²) < 4.78 is 120. The molecule has 0 saturated carbocycles. The van der Waals surface area contributed by atoms with Crippen LogP contribution in [0.25, 0.3) is 0 Å². The highest BCUT2D eigenvalue weighted by molar-refractivity contribution is 6.08. The average molecular weight is 460 g/mol. The van der Waals surface area contributed by atoms with Gasteiger partial charge in [-0.3, -0.25) is 10.1 Å². The van der Waals surface area contributed by atoms with Crippen LogP contribution in [-0.2, 0) is 6.18 Å². The monoisotopic (exact) mass is 460 g/mol. The third-order valence-corrected chi connectivity index (χ3v) is 3.46. The highest BCUT2D eigenvalue weighted by Crippen LogP contribution is 2.40. The van der Waals surface area contributed by atoms with E-state index in [0.29, 0.717) is 18.2 Å². The van der Waals surface area contributed by atoms with Crippen LogP contribution in [0.2, 0.25) is 0 Å². The first-order valence-corrected chi connectivity index (χ1v) is 7.85. The lowest BCUT2D eigenvalue weighted by molar-refractivity contribution is -0.255. The first-order chi connectivity index (χ1) is 14.2. The van der Waals surface area contributed by atoms with Gasteiger partial charge in [0.15, 0.2) is 0 Å². The van der Waals surface area contributed by atoms with E-state index >= 15 is 0 Å². The Bertz CT molecular complexity index is 973. The summed E-state index contributed by atoms with van der Waals surface area (Å²) >= 11 is 0. The normalized spacial score (nSPS) is 11.9. The number of nitrogens with one attached hydrogen (secondary N) is 2. The molecule has 3 amide bonds. The van der Waals surface area contributed by atoms with E-state index in [1.807, 2.05) is 0 Å². The van der Waals surface area contributed by atoms with Gasteiger partial charge in [0.1, 0.15) is 22.9 Å². The number of hydrogen-bond acceptors (Lipinski definition) is 3. The molecule has 0 radical (unpaired) electrons. The Morgan fingerprint density at radius 3 is 2.03 bits per heavy atom. The maximum Gasteiger partial charge on any atom is 0.461 e. The van der Waals surface area contributed by atoms with E-state index in [2.05, 4.69) is 4.74 Å². The summed E-state index contributed by atoms with van der Waals surface area (Å²) in [6, 6.07) is 1.67. The molecule has 0 bridgehead atoms. The maximum atomic E-state index is 13.5. The van der Waals surface area contributed by atoms with Crippen molar-refractivity contribution in [2.45, 2.75) is 18.7 Å².